The van der Waals surface area contributed by atoms with Gasteiger partial charge in [0.1, 0.15) is 5.82 Å². The average Bonchev–Trinajstić information content (AvgIpc) is 2.96. The van der Waals surface area contributed by atoms with Gasteiger partial charge in [-0.15, -0.1) is 0 Å². The van der Waals surface area contributed by atoms with Crippen molar-refractivity contribution in [3.63, 3.8) is 0 Å². The van der Waals surface area contributed by atoms with E-state index in [0.29, 0.717) is 18.7 Å². The van der Waals surface area contributed by atoms with Gasteiger partial charge in [0.25, 0.3) is 5.91 Å². The van der Waals surface area contributed by atoms with Crippen molar-refractivity contribution < 1.29 is 14.0 Å². The van der Waals surface area contributed by atoms with Crippen LogP contribution in [0.4, 0.5) is 4.39 Å². The molecule has 1 heterocycles. The summed E-state index contributed by atoms with van der Waals surface area (Å²) < 4.78 is 13.3. The molecule has 3 rings (SSSR count). The average molecular weight is 340 g/mol. The number of carbonyl (C=O) groups excluding carboxylic acids is 2. The zero-order valence-electron chi connectivity index (χ0n) is 14.2. The molecule has 2 aromatic rings. The molecular weight excluding hydrogens is 319 g/mol. The van der Waals surface area contributed by atoms with Gasteiger partial charge in [-0.05, 0) is 35.7 Å². The van der Waals surface area contributed by atoms with Crippen LogP contribution >= 0.6 is 0 Å². The third-order valence-electron chi connectivity index (χ3n) is 4.43. The van der Waals surface area contributed by atoms with Gasteiger partial charge in [0.05, 0.1) is 12.5 Å². The van der Waals surface area contributed by atoms with Crippen LogP contribution in [0.2, 0.25) is 0 Å². The highest BCUT2D eigenvalue weighted by molar-refractivity contribution is 5.98. The molecule has 0 saturated carbocycles. The van der Waals surface area contributed by atoms with Gasteiger partial charge in [-0.25, -0.2) is 4.39 Å². The Balaban J connectivity index is 1.88. The molecule has 5 heteroatoms. The number of halogens is 1. The summed E-state index contributed by atoms with van der Waals surface area (Å²) in [4.78, 5) is 26.8. The first kappa shape index (κ1) is 17.1. The predicted molar refractivity (Wildman–Crippen MR) is 93.4 cm³/mol. The number of amides is 2. The van der Waals surface area contributed by atoms with Gasteiger partial charge >= 0.3 is 0 Å². The van der Waals surface area contributed by atoms with Crippen LogP contribution in [0.1, 0.15) is 47.3 Å². The van der Waals surface area contributed by atoms with Crippen LogP contribution in [0.25, 0.3) is 0 Å². The van der Waals surface area contributed by atoms with Crippen molar-refractivity contribution in [2.24, 2.45) is 0 Å². The highest BCUT2D eigenvalue weighted by Gasteiger charge is 2.34. The van der Waals surface area contributed by atoms with E-state index in [2.05, 4.69) is 5.32 Å². The van der Waals surface area contributed by atoms with E-state index in [4.69, 9.17) is 0 Å². The van der Waals surface area contributed by atoms with Gasteiger partial charge < -0.3 is 10.2 Å². The van der Waals surface area contributed by atoms with Crippen LogP contribution in [0, 0.1) is 5.82 Å². The van der Waals surface area contributed by atoms with Crippen molar-refractivity contribution in [3.05, 3.63) is 71.0 Å². The molecule has 0 bridgehead atoms. The largest absolute Gasteiger partial charge is 0.356 e. The Hall–Kier alpha value is -2.69. The van der Waals surface area contributed by atoms with Crippen LogP contribution in [0.3, 0.4) is 0 Å². The second kappa shape index (κ2) is 7.47. The first-order valence-electron chi connectivity index (χ1n) is 8.51. The lowest BCUT2D eigenvalue weighted by molar-refractivity contribution is -0.122. The van der Waals surface area contributed by atoms with Crippen molar-refractivity contribution in [2.45, 2.75) is 32.4 Å². The number of hydrogen-bond donors (Lipinski definition) is 1. The minimum Gasteiger partial charge on any atom is -0.356 e. The van der Waals surface area contributed by atoms with E-state index in [1.807, 2.05) is 25.1 Å². The summed E-state index contributed by atoms with van der Waals surface area (Å²) in [5.74, 6) is -0.540. The predicted octanol–water partition coefficient (Wildman–Crippen LogP) is 3.44. The highest BCUT2D eigenvalue weighted by atomic mass is 19.1. The molecule has 1 aliphatic heterocycles. The van der Waals surface area contributed by atoms with Gasteiger partial charge in [-0.3, -0.25) is 9.59 Å². The SMILES string of the molecule is CCCNC(=O)C[C@H](c1ccc(F)cc1)N1Cc2ccccc2C1=O. The lowest BCUT2D eigenvalue weighted by Gasteiger charge is -2.28. The van der Waals surface area contributed by atoms with Gasteiger partial charge in [0.2, 0.25) is 5.91 Å². The first-order chi connectivity index (χ1) is 12.1. The smallest absolute Gasteiger partial charge is 0.255 e. The Kier molecular flexibility index (Phi) is 5.12. The topological polar surface area (TPSA) is 49.4 Å². The molecule has 0 radical (unpaired) electrons. The van der Waals surface area contributed by atoms with E-state index in [0.717, 1.165) is 17.5 Å². The highest BCUT2D eigenvalue weighted by Crippen LogP contribution is 2.33. The summed E-state index contributed by atoms with van der Waals surface area (Å²) in [6.45, 7) is 3.04. The summed E-state index contributed by atoms with van der Waals surface area (Å²) in [6, 6.07) is 13.0. The van der Waals surface area contributed by atoms with E-state index < -0.39 is 6.04 Å². The molecule has 130 valence electrons. The molecule has 2 amide bonds. The fourth-order valence-electron chi connectivity index (χ4n) is 3.13. The molecule has 0 unspecified atom stereocenters. The van der Waals surface area contributed by atoms with E-state index in [1.165, 1.54) is 12.1 Å². The van der Waals surface area contributed by atoms with E-state index >= 15 is 0 Å². The fraction of sp³-hybridized carbons (Fsp3) is 0.300. The number of hydrogen-bond acceptors (Lipinski definition) is 2. The second-order valence-corrected chi connectivity index (χ2v) is 6.21. The van der Waals surface area contributed by atoms with Crippen LogP contribution in [0.15, 0.2) is 48.5 Å². The monoisotopic (exact) mass is 340 g/mol. The quantitative estimate of drug-likeness (QED) is 0.876. The zero-order valence-corrected chi connectivity index (χ0v) is 14.2. The van der Waals surface area contributed by atoms with E-state index in [1.54, 1.807) is 23.1 Å². The summed E-state index contributed by atoms with van der Waals surface area (Å²) in [5, 5.41) is 2.85. The van der Waals surface area contributed by atoms with Crippen molar-refractivity contribution in [1.29, 1.82) is 0 Å². The number of rotatable bonds is 6. The van der Waals surface area contributed by atoms with Gasteiger partial charge in [-0.1, -0.05) is 37.3 Å². The second-order valence-electron chi connectivity index (χ2n) is 6.21. The number of benzene rings is 2. The lowest BCUT2D eigenvalue weighted by atomic mass is 10.0. The summed E-state index contributed by atoms with van der Waals surface area (Å²) >= 11 is 0. The first-order valence-corrected chi connectivity index (χ1v) is 8.51. The number of fused-ring (bicyclic) bond motifs is 1. The Morgan fingerprint density at radius 2 is 1.92 bits per heavy atom. The minimum absolute atomic E-state index is 0.0896. The van der Waals surface area contributed by atoms with Gasteiger partial charge in [-0.2, -0.15) is 0 Å². The molecule has 4 nitrogen and oxygen atoms in total. The number of nitrogens with one attached hydrogen (secondary N) is 1. The van der Waals surface area contributed by atoms with E-state index in [-0.39, 0.29) is 24.1 Å². The van der Waals surface area contributed by atoms with Gasteiger partial charge in [0.15, 0.2) is 0 Å². The third kappa shape index (κ3) is 3.71. The Bertz CT molecular complexity index is 774. The van der Waals surface area contributed by atoms with Crippen molar-refractivity contribution in [3.8, 4) is 0 Å². The van der Waals surface area contributed by atoms with Crippen LogP contribution in [-0.2, 0) is 11.3 Å². The zero-order chi connectivity index (χ0) is 17.8. The van der Waals surface area contributed by atoms with Gasteiger partial charge in [0, 0.05) is 18.7 Å². The van der Waals surface area contributed by atoms with Crippen LogP contribution in [-0.4, -0.2) is 23.3 Å². The van der Waals surface area contributed by atoms with Crippen LogP contribution in [0.5, 0.6) is 0 Å². The number of carbonyl (C=O) groups is 2. The van der Waals surface area contributed by atoms with Crippen LogP contribution < -0.4 is 5.32 Å². The molecule has 1 aliphatic rings. The maximum atomic E-state index is 13.3. The summed E-state index contributed by atoms with van der Waals surface area (Å²) in [5.41, 5.74) is 2.38. The molecule has 1 N–H and O–H groups in total. The Morgan fingerprint density at radius 3 is 2.60 bits per heavy atom. The lowest BCUT2D eigenvalue weighted by Crippen LogP contribution is -2.34. The Morgan fingerprint density at radius 1 is 1.20 bits per heavy atom. The van der Waals surface area contributed by atoms with Crippen molar-refractivity contribution in [2.75, 3.05) is 6.54 Å². The molecule has 0 aliphatic carbocycles. The van der Waals surface area contributed by atoms with E-state index in [9.17, 15) is 14.0 Å². The fourth-order valence-corrected chi connectivity index (χ4v) is 3.13. The third-order valence-corrected chi connectivity index (χ3v) is 4.43. The maximum absolute atomic E-state index is 13.3. The molecule has 1 atom stereocenters. The summed E-state index contributed by atoms with van der Waals surface area (Å²) in [6.07, 6.45) is 1.01. The summed E-state index contributed by atoms with van der Waals surface area (Å²) in [7, 11) is 0. The molecular formula is C20H21FN2O2. The Labute approximate surface area is 146 Å². The molecule has 25 heavy (non-hydrogen) atoms. The molecule has 0 aromatic heterocycles. The van der Waals surface area contributed by atoms with Crippen molar-refractivity contribution >= 4 is 11.8 Å². The number of nitrogens with zero attached hydrogens (tertiary/aromatic N) is 1. The normalized spacial score (nSPS) is 14.3. The van der Waals surface area contributed by atoms with Crippen molar-refractivity contribution in [1.82, 2.24) is 10.2 Å². The minimum atomic E-state index is -0.419. The molecule has 0 saturated heterocycles. The molecule has 0 spiro atoms. The maximum Gasteiger partial charge on any atom is 0.255 e. The molecule has 2 aromatic carbocycles. The molecule has 0 fully saturated rings. The standard InChI is InChI=1S/C20H21FN2O2/c1-2-11-22-19(24)12-18(14-7-9-16(21)10-8-14)23-13-15-5-3-4-6-17(15)20(23)25/h3-10,18H,2,11-13H2,1H3,(H,22,24)/t18-/m1/s1.